The zero-order valence-corrected chi connectivity index (χ0v) is 21.1. The highest BCUT2D eigenvalue weighted by Gasteiger charge is 2.24. The number of rotatable bonds is 12. The van der Waals surface area contributed by atoms with E-state index in [1.165, 1.54) is 17.0 Å². The minimum Gasteiger partial charge on any atom is -0.493 e. The molecule has 6 nitrogen and oxygen atoms in total. The van der Waals surface area contributed by atoms with Gasteiger partial charge in [0, 0.05) is 18.0 Å². The molecule has 0 aliphatic heterocycles. The van der Waals surface area contributed by atoms with Gasteiger partial charge < -0.3 is 19.3 Å². The van der Waals surface area contributed by atoms with Gasteiger partial charge in [0.05, 0.1) is 26.3 Å². The van der Waals surface area contributed by atoms with Gasteiger partial charge in [0.25, 0.3) is 5.91 Å². The molecule has 3 aromatic rings. The van der Waals surface area contributed by atoms with Gasteiger partial charge in [-0.05, 0) is 54.1 Å². The van der Waals surface area contributed by atoms with Gasteiger partial charge in [-0.15, -0.1) is 11.3 Å². The van der Waals surface area contributed by atoms with E-state index in [1.807, 2.05) is 42.6 Å². The molecule has 0 fully saturated rings. The number of hydrogen-bond acceptors (Lipinski definition) is 5. The van der Waals surface area contributed by atoms with Crippen molar-refractivity contribution in [2.45, 2.75) is 26.3 Å². The largest absolute Gasteiger partial charge is 0.493 e. The molecule has 186 valence electrons. The first kappa shape index (κ1) is 26.2. The molecule has 0 bridgehead atoms. The molecule has 0 atom stereocenters. The van der Waals surface area contributed by atoms with E-state index in [-0.39, 0.29) is 18.0 Å². The molecule has 0 saturated heterocycles. The fourth-order valence-electron chi connectivity index (χ4n) is 3.77. The van der Waals surface area contributed by atoms with Crippen molar-refractivity contribution in [3.63, 3.8) is 0 Å². The monoisotopic (exact) mass is 498 g/mol. The van der Waals surface area contributed by atoms with Crippen LogP contribution in [-0.4, -0.2) is 55.5 Å². The van der Waals surface area contributed by atoms with Crippen molar-refractivity contribution in [2.24, 2.45) is 0 Å². The first-order chi connectivity index (χ1) is 17.0. The molecule has 0 aliphatic rings. The number of nitrogens with zero attached hydrogens (tertiary/aromatic N) is 2. The van der Waals surface area contributed by atoms with Crippen LogP contribution in [0.1, 0.15) is 34.1 Å². The van der Waals surface area contributed by atoms with E-state index < -0.39 is 11.7 Å². The van der Waals surface area contributed by atoms with Gasteiger partial charge in [0.2, 0.25) is 5.91 Å². The summed E-state index contributed by atoms with van der Waals surface area (Å²) in [4.78, 5) is 30.7. The van der Waals surface area contributed by atoms with Gasteiger partial charge in [-0.1, -0.05) is 31.2 Å². The van der Waals surface area contributed by atoms with Crippen LogP contribution in [0.25, 0.3) is 0 Å². The Labute approximate surface area is 209 Å². The molecule has 0 saturated carbocycles. The van der Waals surface area contributed by atoms with Crippen LogP contribution in [-0.2, 0) is 17.8 Å². The summed E-state index contributed by atoms with van der Waals surface area (Å²) in [5.41, 5.74) is 0.975. The third-order valence-electron chi connectivity index (χ3n) is 5.61. The topological polar surface area (TPSA) is 59.1 Å². The summed E-state index contributed by atoms with van der Waals surface area (Å²) in [5.74, 6) is 0.0246. The highest BCUT2D eigenvalue weighted by Crippen LogP contribution is 2.28. The van der Waals surface area contributed by atoms with E-state index in [1.54, 1.807) is 42.6 Å². The SMILES string of the molecule is CCCN(CC(=O)N(CCc1ccc(OC)c(OC)c1)Cc1cccs1)C(=O)c1ccccc1F. The van der Waals surface area contributed by atoms with Crippen LogP contribution in [0.4, 0.5) is 4.39 Å². The van der Waals surface area contributed by atoms with Gasteiger partial charge >= 0.3 is 0 Å². The lowest BCUT2D eigenvalue weighted by Gasteiger charge is -2.27. The number of carbonyl (C=O) groups is 2. The Hall–Kier alpha value is -3.39. The Morgan fingerprint density at radius 2 is 1.71 bits per heavy atom. The molecule has 0 aliphatic carbocycles. The van der Waals surface area contributed by atoms with Crippen LogP contribution in [0.2, 0.25) is 0 Å². The Morgan fingerprint density at radius 3 is 2.37 bits per heavy atom. The maximum absolute atomic E-state index is 14.3. The maximum atomic E-state index is 14.3. The number of thiophene rings is 1. The van der Waals surface area contributed by atoms with Crippen molar-refractivity contribution in [3.05, 3.63) is 81.8 Å². The lowest BCUT2D eigenvalue weighted by molar-refractivity contribution is -0.132. The van der Waals surface area contributed by atoms with E-state index in [9.17, 15) is 14.0 Å². The molecular formula is C27H31FN2O4S. The number of halogens is 1. The molecule has 1 heterocycles. The van der Waals surface area contributed by atoms with Crippen molar-refractivity contribution in [1.29, 1.82) is 0 Å². The third kappa shape index (κ3) is 7.05. The van der Waals surface area contributed by atoms with Crippen LogP contribution in [0.3, 0.4) is 0 Å². The van der Waals surface area contributed by atoms with Crippen LogP contribution in [0.15, 0.2) is 60.0 Å². The highest BCUT2D eigenvalue weighted by atomic mass is 32.1. The summed E-state index contributed by atoms with van der Waals surface area (Å²) < 4.78 is 25.0. The van der Waals surface area contributed by atoms with E-state index in [0.717, 1.165) is 10.4 Å². The van der Waals surface area contributed by atoms with Crippen molar-refractivity contribution in [3.8, 4) is 11.5 Å². The molecule has 2 amide bonds. The lowest BCUT2D eigenvalue weighted by atomic mass is 10.1. The first-order valence-electron chi connectivity index (χ1n) is 11.5. The Morgan fingerprint density at radius 1 is 0.943 bits per heavy atom. The molecule has 8 heteroatoms. The van der Waals surface area contributed by atoms with E-state index in [0.29, 0.717) is 44.0 Å². The molecule has 35 heavy (non-hydrogen) atoms. The number of ether oxygens (including phenoxy) is 2. The van der Waals surface area contributed by atoms with Crippen LogP contribution in [0, 0.1) is 5.82 Å². The predicted octanol–water partition coefficient (Wildman–Crippen LogP) is 5.03. The maximum Gasteiger partial charge on any atom is 0.257 e. The van der Waals surface area contributed by atoms with Crippen molar-refractivity contribution in [1.82, 2.24) is 9.80 Å². The first-order valence-corrected chi connectivity index (χ1v) is 12.4. The van der Waals surface area contributed by atoms with E-state index >= 15 is 0 Å². The molecule has 0 spiro atoms. The smallest absolute Gasteiger partial charge is 0.257 e. The average molecular weight is 499 g/mol. The highest BCUT2D eigenvalue weighted by molar-refractivity contribution is 7.09. The Bertz CT molecular complexity index is 1120. The quantitative estimate of drug-likeness (QED) is 0.352. The zero-order chi connectivity index (χ0) is 25.2. The predicted molar refractivity (Wildman–Crippen MR) is 136 cm³/mol. The molecule has 0 unspecified atom stereocenters. The fourth-order valence-corrected chi connectivity index (χ4v) is 4.49. The van der Waals surface area contributed by atoms with E-state index in [4.69, 9.17) is 9.47 Å². The Kier molecular flexibility index (Phi) is 9.66. The summed E-state index contributed by atoms with van der Waals surface area (Å²) in [6, 6.07) is 15.5. The van der Waals surface area contributed by atoms with Gasteiger partial charge in [-0.3, -0.25) is 9.59 Å². The minimum absolute atomic E-state index is 0.0242. The van der Waals surface area contributed by atoms with Gasteiger partial charge in [-0.2, -0.15) is 0 Å². The Balaban J connectivity index is 1.77. The summed E-state index contributed by atoms with van der Waals surface area (Å²) >= 11 is 1.58. The van der Waals surface area contributed by atoms with Crippen molar-refractivity contribution >= 4 is 23.2 Å². The number of benzene rings is 2. The second-order valence-corrected chi connectivity index (χ2v) is 9.07. The second kappa shape index (κ2) is 12.9. The van der Waals surface area contributed by atoms with Gasteiger partial charge in [-0.25, -0.2) is 4.39 Å². The number of hydrogen-bond donors (Lipinski definition) is 0. The number of carbonyl (C=O) groups excluding carboxylic acids is 2. The molecule has 2 aromatic carbocycles. The van der Waals surface area contributed by atoms with Crippen molar-refractivity contribution < 1.29 is 23.5 Å². The second-order valence-electron chi connectivity index (χ2n) is 8.04. The van der Waals surface area contributed by atoms with Gasteiger partial charge in [0.15, 0.2) is 11.5 Å². The zero-order valence-electron chi connectivity index (χ0n) is 20.3. The summed E-state index contributed by atoms with van der Waals surface area (Å²) in [6.45, 7) is 3.07. The minimum atomic E-state index is -0.588. The fraction of sp³-hybridized carbons (Fsp3) is 0.333. The summed E-state index contributed by atoms with van der Waals surface area (Å²) in [5, 5.41) is 1.97. The van der Waals surface area contributed by atoms with Crippen LogP contribution >= 0.6 is 11.3 Å². The molecular weight excluding hydrogens is 467 g/mol. The molecule has 3 rings (SSSR count). The summed E-state index contributed by atoms with van der Waals surface area (Å²) in [6.07, 6.45) is 1.26. The normalized spacial score (nSPS) is 10.6. The van der Waals surface area contributed by atoms with E-state index in [2.05, 4.69) is 0 Å². The number of amides is 2. The standard InChI is InChI=1S/C27H31FN2O4S/c1-4-14-30(27(32)22-9-5-6-10-23(22)28)19-26(31)29(18-21-8-7-16-35-21)15-13-20-11-12-24(33-2)25(17-20)34-3/h5-12,16-17H,4,13-15,18-19H2,1-3H3. The van der Waals surface area contributed by atoms with Gasteiger partial charge in [0.1, 0.15) is 12.4 Å². The third-order valence-corrected chi connectivity index (χ3v) is 6.47. The summed E-state index contributed by atoms with van der Waals surface area (Å²) in [7, 11) is 3.17. The average Bonchev–Trinajstić information content (AvgIpc) is 3.39. The lowest BCUT2D eigenvalue weighted by Crippen LogP contribution is -2.43. The number of methoxy groups -OCH3 is 2. The van der Waals surface area contributed by atoms with Crippen LogP contribution in [0.5, 0.6) is 11.5 Å². The van der Waals surface area contributed by atoms with Crippen LogP contribution < -0.4 is 9.47 Å². The molecule has 0 N–H and O–H groups in total. The molecule has 0 radical (unpaired) electrons. The molecule has 1 aromatic heterocycles. The van der Waals surface area contributed by atoms with Crippen molar-refractivity contribution in [2.75, 3.05) is 33.9 Å².